The third-order valence-corrected chi connectivity index (χ3v) is 7.49. The van der Waals surface area contributed by atoms with E-state index in [9.17, 15) is 4.79 Å². The first-order chi connectivity index (χ1) is 16.2. The molecule has 2 atom stereocenters. The van der Waals surface area contributed by atoms with Crippen molar-refractivity contribution >= 4 is 17.7 Å². The number of carbonyl (C=O) groups is 1. The largest absolute Gasteiger partial charge is 0.493 e. The number of thioether (sulfide) groups is 1. The molecule has 2 aliphatic rings. The van der Waals surface area contributed by atoms with Crippen molar-refractivity contribution in [1.82, 2.24) is 24.6 Å². The summed E-state index contributed by atoms with van der Waals surface area (Å²) >= 11 is 1.49. The highest BCUT2D eigenvalue weighted by Crippen LogP contribution is 2.42. The lowest BCUT2D eigenvalue weighted by Crippen LogP contribution is -2.50. The van der Waals surface area contributed by atoms with Crippen molar-refractivity contribution in [2.24, 2.45) is 0 Å². The molecule has 2 aromatic carbocycles. The number of methoxy groups -OCH3 is 2. The van der Waals surface area contributed by atoms with E-state index >= 15 is 0 Å². The van der Waals surface area contributed by atoms with Crippen molar-refractivity contribution in [1.29, 1.82) is 0 Å². The summed E-state index contributed by atoms with van der Waals surface area (Å²) in [6, 6.07) is 16.4. The summed E-state index contributed by atoms with van der Waals surface area (Å²) in [7, 11) is 3.26. The van der Waals surface area contributed by atoms with Crippen molar-refractivity contribution in [3.63, 3.8) is 0 Å². The lowest BCUT2D eigenvalue weighted by molar-refractivity contribution is 0.0715. The van der Waals surface area contributed by atoms with Crippen LogP contribution >= 0.6 is 11.8 Å². The Morgan fingerprint density at radius 3 is 2.48 bits per heavy atom. The van der Waals surface area contributed by atoms with Gasteiger partial charge in [0.05, 0.1) is 20.3 Å². The minimum Gasteiger partial charge on any atom is -0.493 e. The molecule has 172 valence electrons. The molecular weight excluding hydrogens is 438 g/mol. The van der Waals surface area contributed by atoms with E-state index in [1.54, 1.807) is 14.2 Å². The summed E-state index contributed by atoms with van der Waals surface area (Å²) in [6.45, 7) is 4.55. The second-order valence-electron chi connectivity index (χ2n) is 8.19. The molecule has 0 spiro atoms. The fraction of sp³-hybridized carbons (Fsp3) is 0.375. The van der Waals surface area contributed by atoms with Gasteiger partial charge in [-0.3, -0.25) is 14.6 Å². The van der Waals surface area contributed by atoms with Crippen LogP contribution in [0.5, 0.6) is 11.5 Å². The average molecular weight is 466 g/mol. The average Bonchev–Trinajstić information content (AvgIpc) is 3.44. The molecule has 0 N–H and O–H groups in total. The van der Waals surface area contributed by atoms with Crippen molar-refractivity contribution in [3.05, 3.63) is 66.0 Å². The number of hydrogen-bond donors (Lipinski definition) is 0. The number of ether oxygens (including phenoxy) is 2. The first-order valence-electron chi connectivity index (χ1n) is 11.0. The Morgan fingerprint density at radius 2 is 1.79 bits per heavy atom. The van der Waals surface area contributed by atoms with Gasteiger partial charge in [-0.15, -0.1) is 0 Å². The minimum absolute atomic E-state index is 0.0287. The van der Waals surface area contributed by atoms with Crippen LogP contribution in [0.2, 0.25) is 0 Å². The van der Waals surface area contributed by atoms with Gasteiger partial charge in [0.15, 0.2) is 16.7 Å². The Kier molecular flexibility index (Phi) is 6.34. The van der Waals surface area contributed by atoms with E-state index < -0.39 is 0 Å². The lowest BCUT2D eigenvalue weighted by Gasteiger charge is -2.41. The summed E-state index contributed by atoms with van der Waals surface area (Å²) in [5.74, 6) is 1.31. The van der Waals surface area contributed by atoms with Gasteiger partial charge in [0, 0.05) is 32.7 Å². The molecule has 1 saturated heterocycles. The fourth-order valence-electron chi connectivity index (χ4n) is 4.60. The highest BCUT2D eigenvalue weighted by Gasteiger charge is 2.43. The fourth-order valence-corrected chi connectivity index (χ4v) is 5.83. The third kappa shape index (κ3) is 4.36. The van der Waals surface area contributed by atoms with Crippen LogP contribution in [0.3, 0.4) is 0 Å². The standard InChI is InChI=1S/C24H27N5O3S/c1-31-19-9-8-18(14-20(19)32-2)21(22-23(30)29-24(33-22)25-16-26-29)28-12-10-27(11-13-28)15-17-6-4-3-5-7-17/h3-9,14,16,21-22H,10-13,15H2,1-2H3. The number of nitrogens with zero attached hydrogens (tertiary/aromatic N) is 5. The van der Waals surface area contributed by atoms with Crippen LogP contribution in [0, 0.1) is 0 Å². The van der Waals surface area contributed by atoms with Crippen LogP contribution in [0.15, 0.2) is 60.0 Å². The maximum Gasteiger partial charge on any atom is 0.264 e. The van der Waals surface area contributed by atoms with Crippen LogP contribution in [0.1, 0.15) is 22.0 Å². The zero-order valence-electron chi connectivity index (χ0n) is 18.8. The monoisotopic (exact) mass is 465 g/mol. The summed E-state index contributed by atoms with van der Waals surface area (Å²) < 4.78 is 12.4. The third-order valence-electron chi connectivity index (χ3n) is 6.29. The predicted molar refractivity (Wildman–Crippen MR) is 126 cm³/mol. The van der Waals surface area contributed by atoms with Gasteiger partial charge in [-0.1, -0.05) is 48.2 Å². The number of fused-ring (bicyclic) bond motifs is 1. The van der Waals surface area contributed by atoms with Gasteiger partial charge >= 0.3 is 0 Å². The molecular formula is C24H27N5O3S. The Bertz CT molecular complexity index is 1110. The van der Waals surface area contributed by atoms with E-state index in [0.29, 0.717) is 16.7 Å². The van der Waals surface area contributed by atoms with Crippen molar-refractivity contribution in [2.75, 3.05) is 40.4 Å². The lowest BCUT2D eigenvalue weighted by atomic mass is 9.99. The summed E-state index contributed by atoms with van der Waals surface area (Å²) in [5, 5.41) is 4.46. The number of hydrogen-bond acceptors (Lipinski definition) is 8. The first kappa shape index (κ1) is 21.9. The molecule has 0 saturated carbocycles. The molecule has 0 aliphatic carbocycles. The molecule has 0 amide bonds. The SMILES string of the molecule is COc1ccc(C(C2Sc3ncnn3C2=O)N2CCN(Cc3ccccc3)CC2)cc1OC. The van der Waals surface area contributed by atoms with Crippen molar-refractivity contribution in [2.45, 2.75) is 23.0 Å². The summed E-state index contributed by atoms with van der Waals surface area (Å²) in [6.07, 6.45) is 1.43. The number of benzene rings is 2. The molecule has 33 heavy (non-hydrogen) atoms. The predicted octanol–water partition coefficient (Wildman–Crippen LogP) is 2.97. The maximum absolute atomic E-state index is 13.2. The zero-order valence-corrected chi connectivity index (χ0v) is 19.6. The van der Waals surface area contributed by atoms with E-state index in [-0.39, 0.29) is 17.2 Å². The summed E-state index contributed by atoms with van der Waals surface area (Å²) in [4.78, 5) is 22.4. The van der Waals surface area contributed by atoms with Gasteiger partial charge < -0.3 is 9.47 Å². The summed E-state index contributed by atoms with van der Waals surface area (Å²) in [5.41, 5.74) is 2.35. The number of carbonyl (C=O) groups excluding carboxylic acids is 1. The van der Waals surface area contributed by atoms with Gasteiger partial charge in [0.25, 0.3) is 5.91 Å². The van der Waals surface area contributed by atoms with Gasteiger partial charge in [0.2, 0.25) is 0 Å². The van der Waals surface area contributed by atoms with E-state index in [2.05, 4.69) is 44.1 Å². The van der Waals surface area contributed by atoms with Crippen LogP contribution in [0.4, 0.5) is 0 Å². The Hall–Kier alpha value is -2.88. The molecule has 1 aromatic heterocycles. The van der Waals surface area contributed by atoms with E-state index in [4.69, 9.17) is 9.47 Å². The number of aromatic nitrogens is 3. The first-order valence-corrected chi connectivity index (χ1v) is 11.9. The van der Waals surface area contributed by atoms with Crippen LogP contribution in [0.25, 0.3) is 0 Å². The highest BCUT2D eigenvalue weighted by molar-refractivity contribution is 8.00. The maximum atomic E-state index is 13.2. The molecule has 5 rings (SSSR count). The van der Waals surface area contributed by atoms with Gasteiger partial charge in [-0.05, 0) is 23.3 Å². The van der Waals surface area contributed by atoms with E-state index in [1.165, 1.54) is 28.3 Å². The Labute approximate surface area is 197 Å². The van der Waals surface area contributed by atoms with Crippen LogP contribution in [-0.2, 0) is 6.54 Å². The molecule has 9 heteroatoms. The van der Waals surface area contributed by atoms with Gasteiger partial charge in [-0.25, -0.2) is 4.98 Å². The molecule has 0 bridgehead atoms. The highest BCUT2D eigenvalue weighted by atomic mass is 32.2. The van der Waals surface area contributed by atoms with Crippen LogP contribution < -0.4 is 9.47 Å². The topological polar surface area (TPSA) is 72.7 Å². The molecule has 3 aromatic rings. The zero-order chi connectivity index (χ0) is 22.8. The Balaban J connectivity index is 1.39. The van der Waals surface area contributed by atoms with E-state index in [1.807, 2.05) is 24.3 Å². The minimum atomic E-state index is -0.319. The molecule has 2 aliphatic heterocycles. The molecule has 2 unspecified atom stereocenters. The smallest absolute Gasteiger partial charge is 0.264 e. The van der Waals surface area contributed by atoms with Crippen molar-refractivity contribution in [3.8, 4) is 11.5 Å². The molecule has 3 heterocycles. The van der Waals surface area contributed by atoms with Gasteiger partial charge in [-0.2, -0.15) is 9.78 Å². The quantitative estimate of drug-likeness (QED) is 0.527. The van der Waals surface area contributed by atoms with Gasteiger partial charge in [0.1, 0.15) is 11.6 Å². The molecule has 1 fully saturated rings. The number of rotatable bonds is 7. The normalized spacial score (nSPS) is 19.9. The Morgan fingerprint density at radius 1 is 1.03 bits per heavy atom. The molecule has 0 radical (unpaired) electrons. The number of piperazine rings is 1. The van der Waals surface area contributed by atoms with Crippen LogP contribution in [-0.4, -0.2) is 76.1 Å². The second-order valence-corrected chi connectivity index (χ2v) is 9.30. The van der Waals surface area contributed by atoms with Crippen molar-refractivity contribution < 1.29 is 14.3 Å². The second kappa shape index (κ2) is 9.54. The molecule has 8 nitrogen and oxygen atoms in total. The van der Waals surface area contributed by atoms with E-state index in [0.717, 1.165) is 38.3 Å².